The van der Waals surface area contributed by atoms with Crippen LogP contribution in [0.3, 0.4) is 0 Å². The molecule has 0 spiro atoms. The van der Waals surface area contributed by atoms with E-state index in [-0.39, 0.29) is 5.04 Å². The van der Waals surface area contributed by atoms with Crippen LogP contribution >= 0.6 is 0 Å². The first-order valence-corrected chi connectivity index (χ1v) is 19.4. The van der Waals surface area contributed by atoms with Crippen molar-refractivity contribution in [3.63, 3.8) is 0 Å². The van der Waals surface area contributed by atoms with Crippen molar-refractivity contribution in [1.82, 2.24) is 0 Å². The number of hydrogen-bond donors (Lipinski definition) is 0. The topological polar surface area (TPSA) is 36.9 Å². The van der Waals surface area contributed by atoms with E-state index in [0.29, 0.717) is 58.1 Å². The minimum Gasteiger partial charge on any atom is -0.414 e. The Bertz CT molecular complexity index is 1190. The summed E-state index contributed by atoms with van der Waals surface area (Å²) in [6.45, 7) is 20.0. The van der Waals surface area contributed by atoms with Gasteiger partial charge in [-0.25, -0.2) is 0 Å². The Kier molecular flexibility index (Phi) is 15.2. The summed E-state index contributed by atoms with van der Waals surface area (Å²) >= 11 is 0. The molecule has 2 aromatic rings. The van der Waals surface area contributed by atoms with Crippen LogP contribution in [0.25, 0.3) is 5.57 Å². The highest BCUT2D eigenvalue weighted by Crippen LogP contribution is 2.38. The van der Waals surface area contributed by atoms with E-state index in [4.69, 9.17) is 18.6 Å². The lowest BCUT2D eigenvalue weighted by Gasteiger charge is -2.36. The van der Waals surface area contributed by atoms with E-state index < -0.39 is 8.32 Å². The lowest BCUT2D eigenvalue weighted by atomic mass is 9.80. The summed E-state index contributed by atoms with van der Waals surface area (Å²) in [7, 11) is -1.71. The minimum atomic E-state index is -1.71. The van der Waals surface area contributed by atoms with Gasteiger partial charge in [0.25, 0.3) is 0 Å². The molecule has 5 heteroatoms. The summed E-state index contributed by atoms with van der Waals surface area (Å²) in [6, 6.07) is 19.9. The van der Waals surface area contributed by atoms with Crippen molar-refractivity contribution in [3.05, 3.63) is 108 Å². The van der Waals surface area contributed by atoms with Crippen molar-refractivity contribution in [2.75, 3.05) is 39.6 Å². The lowest BCUT2D eigenvalue weighted by Crippen LogP contribution is -2.41. The Labute approximate surface area is 269 Å². The van der Waals surface area contributed by atoms with Gasteiger partial charge in [-0.1, -0.05) is 108 Å². The van der Waals surface area contributed by atoms with E-state index >= 15 is 0 Å². The monoisotopic (exact) mass is 617 g/mol. The smallest absolute Gasteiger partial charge is 0.192 e. The maximum atomic E-state index is 6.15. The summed E-state index contributed by atoms with van der Waals surface area (Å²) in [5.41, 5.74) is 6.55. The first kappa shape index (κ1) is 36.1. The van der Waals surface area contributed by atoms with Crippen LogP contribution in [0.4, 0.5) is 0 Å². The van der Waals surface area contributed by atoms with Crippen LogP contribution in [0.1, 0.15) is 76.5 Å². The molecule has 0 amide bonds. The van der Waals surface area contributed by atoms with Crippen LogP contribution in [0.5, 0.6) is 0 Å². The van der Waals surface area contributed by atoms with E-state index in [1.54, 1.807) is 0 Å². The number of rotatable bonds is 19. The van der Waals surface area contributed by atoms with E-state index in [0.717, 1.165) is 6.42 Å². The largest absolute Gasteiger partial charge is 0.414 e. The molecule has 0 radical (unpaired) electrons. The standard InChI is InChI=1S/C39H57O4Si/c1-8-32(2)28-37(34-17-11-9-12-18-34)30-38(35-19-13-10-14-20-35)36-21-15-16-33(29-36)31-42-25-24-40-22-23-41-26-27-43-44(6,7)39(3,4)5/h9-21,29,32,37H,8,22-28,30-31H2,1-7H3/q-1. The highest BCUT2D eigenvalue weighted by Gasteiger charge is 2.36. The summed E-state index contributed by atoms with van der Waals surface area (Å²) in [6.07, 6.45) is 14.2. The second-order valence-electron chi connectivity index (χ2n) is 13.5. The fourth-order valence-corrected chi connectivity index (χ4v) is 6.08. The normalized spacial score (nSPS) is 16.1. The molecule has 0 aromatic heterocycles. The second-order valence-corrected chi connectivity index (χ2v) is 18.3. The Morgan fingerprint density at radius 1 is 0.841 bits per heavy atom. The van der Waals surface area contributed by atoms with Crippen LogP contribution in [-0.4, -0.2) is 48.0 Å². The molecule has 2 aromatic carbocycles. The van der Waals surface area contributed by atoms with Gasteiger partial charge in [0.2, 0.25) is 0 Å². The molecule has 0 fully saturated rings. The predicted octanol–water partition coefficient (Wildman–Crippen LogP) is 9.95. The van der Waals surface area contributed by atoms with Crippen molar-refractivity contribution in [2.45, 2.75) is 84.5 Å². The van der Waals surface area contributed by atoms with Gasteiger partial charge >= 0.3 is 0 Å². The summed E-state index contributed by atoms with van der Waals surface area (Å²) in [5.74, 6) is 1.14. The number of ether oxygens (including phenoxy) is 3. The van der Waals surface area contributed by atoms with Gasteiger partial charge in [-0.15, -0.1) is 41.9 Å². The number of hydrogen-bond acceptors (Lipinski definition) is 4. The fourth-order valence-electron chi connectivity index (χ4n) is 5.05. The van der Waals surface area contributed by atoms with Gasteiger partial charge in [0.1, 0.15) is 0 Å². The van der Waals surface area contributed by atoms with Crippen molar-refractivity contribution in [3.8, 4) is 0 Å². The maximum Gasteiger partial charge on any atom is 0.192 e. The Morgan fingerprint density at radius 2 is 1.52 bits per heavy atom. The highest BCUT2D eigenvalue weighted by atomic mass is 28.4. The molecule has 0 aliphatic heterocycles. The average molecular weight is 618 g/mol. The second kappa shape index (κ2) is 18.5. The van der Waals surface area contributed by atoms with Crippen LogP contribution in [0, 0.1) is 12.3 Å². The van der Waals surface area contributed by atoms with Crippen LogP contribution in [0.15, 0.2) is 84.5 Å². The molecule has 4 nitrogen and oxygen atoms in total. The van der Waals surface area contributed by atoms with Crippen molar-refractivity contribution < 1.29 is 18.6 Å². The maximum absolute atomic E-state index is 6.15. The van der Waals surface area contributed by atoms with E-state index in [1.165, 1.54) is 40.7 Å². The molecule has 0 saturated carbocycles. The molecular formula is C39H57O4Si-. The van der Waals surface area contributed by atoms with Crippen LogP contribution in [0.2, 0.25) is 18.1 Å². The lowest BCUT2D eigenvalue weighted by molar-refractivity contribution is 0.00525. The van der Waals surface area contributed by atoms with Gasteiger partial charge in [0.15, 0.2) is 8.32 Å². The summed E-state index contributed by atoms with van der Waals surface area (Å²) in [5, 5.41) is 0.221. The quantitative estimate of drug-likeness (QED) is 0.0893. The third-order valence-electron chi connectivity index (χ3n) is 9.01. The molecule has 0 N–H and O–H groups in total. The van der Waals surface area contributed by atoms with Crippen molar-refractivity contribution in [1.29, 1.82) is 0 Å². The van der Waals surface area contributed by atoms with Crippen molar-refractivity contribution >= 4 is 13.9 Å². The van der Waals surface area contributed by atoms with Gasteiger partial charge in [0, 0.05) is 0 Å². The first-order valence-electron chi connectivity index (χ1n) is 16.5. The van der Waals surface area contributed by atoms with Gasteiger partial charge in [-0.3, -0.25) is 0 Å². The van der Waals surface area contributed by atoms with Crippen LogP contribution < -0.4 is 0 Å². The Hall–Kier alpha value is -2.41. The van der Waals surface area contributed by atoms with E-state index in [2.05, 4.69) is 133 Å². The molecule has 0 saturated heterocycles. The Balaban J connectivity index is 1.50. The summed E-state index contributed by atoms with van der Waals surface area (Å²) < 4.78 is 23.6. The third-order valence-corrected chi connectivity index (χ3v) is 13.6. The summed E-state index contributed by atoms with van der Waals surface area (Å²) in [4.78, 5) is 0. The molecule has 2 atom stereocenters. The number of benzene rings is 2. The first-order chi connectivity index (χ1) is 21.1. The predicted molar refractivity (Wildman–Crippen MR) is 188 cm³/mol. The molecule has 0 bridgehead atoms. The van der Waals surface area contributed by atoms with Gasteiger partial charge in [0.05, 0.1) is 46.2 Å². The highest BCUT2D eigenvalue weighted by molar-refractivity contribution is 6.74. The Morgan fingerprint density at radius 3 is 2.16 bits per heavy atom. The van der Waals surface area contributed by atoms with E-state index in [9.17, 15) is 0 Å². The zero-order valence-corrected chi connectivity index (χ0v) is 29.4. The average Bonchev–Trinajstić information content (AvgIpc) is 3.02. The minimum absolute atomic E-state index is 0.221. The zero-order valence-electron chi connectivity index (χ0n) is 28.4. The van der Waals surface area contributed by atoms with E-state index in [1.807, 2.05) is 0 Å². The molecule has 0 heterocycles. The SMILES string of the molecule is CCC(C)CC(CC(=C1C=CC=C[CH-]1)c1cccc(COCCOCCOCCO[Si](C)(C)C(C)(C)C)c1)c1ccccc1. The molecule has 1 aliphatic carbocycles. The molecule has 1 aliphatic rings. The zero-order chi connectivity index (χ0) is 31.8. The number of allylic oxidation sites excluding steroid dienone is 6. The van der Waals surface area contributed by atoms with Crippen molar-refractivity contribution in [2.24, 2.45) is 5.92 Å². The fraction of sp³-hybridized carbons (Fsp3) is 0.513. The van der Waals surface area contributed by atoms with Gasteiger partial charge in [-0.2, -0.15) is 0 Å². The van der Waals surface area contributed by atoms with Gasteiger partial charge in [-0.05, 0) is 47.5 Å². The molecule has 3 rings (SSSR count). The van der Waals surface area contributed by atoms with Crippen LogP contribution in [-0.2, 0) is 25.2 Å². The molecule has 2 unspecified atom stereocenters. The third kappa shape index (κ3) is 12.2. The molecular weight excluding hydrogens is 561 g/mol. The molecule has 44 heavy (non-hydrogen) atoms. The molecule has 242 valence electrons. The van der Waals surface area contributed by atoms with Gasteiger partial charge < -0.3 is 18.6 Å².